The van der Waals surface area contributed by atoms with E-state index in [1.165, 1.54) is 0 Å². The number of aliphatic imine (C=N–C) groups is 1. The second-order valence-electron chi connectivity index (χ2n) is 6.50. The summed E-state index contributed by atoms with van der Waals surface area (Å²) in [6, 6.07) is 3.79. The van der Waals surface area contributed by atoms with Crippen LogP contribution in [-0.2, 0) is 6.54 Å². The minimum Gasteiger partial charge on any atom is -0.467 e. The fourth-order valence-corrected chi connectivity index (χ4v) is 3.76. The highest BCUT2D eigenvalue weighted by molar-refractivity contribution is 5.94. The SMILES string of the molecule is CC1(C)[C@H]2CC(=NCc3ccco3)[C@](C)(O)[C@@H]1C2. The van der Waals surface area contributed by atoms with Crippen molar-refractivity contribution >= 4 is 5.71 Å². The van der Waals surface area contributed by atoms with Gasteiger partial charge in [0.25, 0.3) is 0 Å². The molecule has 18 heavy (non-hydrogen) atoms. The lowest BCUT2D eigenvalue weighted by molar-refractivity contribution is -0.134. The topological polar surface area (TPSA) is 45.7 Å². The van der Waals surface area contributed by atoms with Crippen LogP contribution in [0.15, 0.2) is 27.8 Å². The Bertz CT molecular complexity index is 471. The van der Waals surface area contributed by atoms with Crippen LogP contribution in [0.25, 0.3) is 0 Å². The highest BCUT2D eigenvalue weighted by atomic mass is 16.3. The van der Waals surface area contributed by atoms with Gasteiger partial charge in [0.1, 0.15) is 11.4 Å². The Morgan fingerprint density at radius 1 is 1.44 bits per heavy atom. The van der Waals surface area contributed by atoms with E-state index in [0.29, 0.717) is 18.4 Å². The summed E-state index contributed by atoms with van der Waals surface area (Å²) in [5.41, 5.74) is 0.470. The Labute approximate surface area is 108 Å². The van der Waals surface area contributed by atoms with Gasteiger partial charge in [0.05, 0.1) is 12.8 Å². The molecule has 0 unspecified atom stereocenters. The summed E-state index contributed by atoms with van der Waals surface area (Å²) in [6.07, 6.45) is 3.73. The van der Waals surface area contributed by atoms with E-state index in [4.69, 9.17) is 4.42 Å². The van der Waals surface area contributed by atoms with Crippen LogP contribution < -0.4 is 0 Å². The van der Waals surface area contributed by atoms with Crippen LogP contribution in [0.5, 0.6) is 0 Å². The number of furan rings is 1. The third kappa shape index (κ3) is 1.57. The number of rotatable bonds is 2. The molecule has 0 spiro atoms. The zero-order chi connectivity index (χ0) is 13.0. The lowest BCUT2D eigenvalue weighted by Gasteiger charge is -2.62. The van der Waals surface area contributed by atoms with Crippen molar-refractivity contribution in [2.75, 3.05) is 0 Å². The number of aliphatic hydroxyl groups is 1. The van der Waals surface area contributed by atoms with Crippen molar-refractivity contribution in [2.24, 2.45) is 22.2 Å². The largest absolute Gasteiger partial charge is 0.467 e. The summed E-state index contributed by atoms with van der Waals surface area (Å²) in [5.74, 6) is 1.88. The molecule has 1 aromatic rings. The summed E-state index contributed by atoms with van der Waals surface area (Å²) >= 11 is 0. The summed E-state index contributed by atoms with van der Waals surface area (Å²) < 4.78 is 5.28. The maximum Gasteiger partial charge on any atom is 0.125 e. The van der Waals surface area contributed by atoms with Crippen molar-refractivity contribution in [2.45, 2.75) is 45.8 Å². The van der Waals surface area contributed by atoms with Gasteiger partial charge in [-0.05, 0) is 49.1 Å². The molecule has 3 atom stereocenters. The smallest absolute Gasteiger partial charge is 0.125 e. The standard InChI is InChI=1S/C15H21NO2/c1-14(2)10-7-12(14)15(3,17)13(8-10)16-9-11-5-4-6-18-11/h4-6,10,12,17H,7-9H2,1-3H3/t10-,12-,15-/m1/s1. The number of hydrogen-bond acceptors (Lipinski definition) is 3. The van der Waals surface area contributed by atoms with E-state index in [1.807, 2.05) is 19.1 Å². The van der Waals surface area contributed by atoms with Gasteiger partial charge in [-0.1, -0.05) is 13.8 Å². The molecule has 3 nitrogen and oxygen atoms in total. The fraction of sp³-hybridized carbons (Fsp3) is 0.667. The van der Waals surface area contributed by atoms with Crippen LogP contribution in [0.4, 0.5) is 0 Å². The first-order valence-corrected chi connectivity index (χ1v) is 6.71. The molecule has 1 aromatic heterocycles. The molecule has 98 valence electrons. The average molecular weight is 247 g/mol. The lowest BCUT2D eigenvalue weighted by Crippen LogP contribution is -2.64. The molecule has 0 aliphatic heterocycles. The van der Waals surface area contributed by atoms with Crippen molar-refractivity contribution in [1.29, 1.82) is 0 Å². The van der Waals surface area contributed by atoms with Crippen molar-refractivity contribution in [3.05, 3.63) is 24.2 Å². The summed E-state index contributed by atoms with van der Waals surface area (Å²) in [6.45, 7) is 7.00. The van der Waals surface area contributed by atoms with Gasteiger partial charge in [-0.25, -0.2) is 0 Å². The first-order valence-electron chi connectivity index (χ1n) is 6.71. The molecule has 0 radical (unpaired) electrons. The molecule has 3 saturated carbocycles. The maximum atomic E-state index is 10.7. The molecule has 3 aliphatic rings. The number of hydrogen-bond donors (Lipinski definition) is 1. The van der Waals surface area contributed by atoms with Crippen LogP contribution in [0.2, 0.25) is 0 Å². The Hall–Kier alpha value is -1.09. The normalized spacial score (nSPS) is 39.7. The molecule has 3 aliphatic carbocycles. The van der Waals surface area contributed by atoms with E-state index in [1.54, 1.807) is 6.26 Å². The maximum absolute atomic E-state index is 10.7. The molecular formula is C15H21NO2. The highest BCUT2D eigenvalue weighted by Gasteiger charge is 2.61. The average Bonchev–Trinajstić information content (AvgIpc) is 2.78. The first kappa shape index (κ1) is 12.0. The molecule has 1 heterocycles. The van der Waals surface area contributed by atoms with E-state index < -0.39 is 5.60 Å². The molecule has 0 saturated heterocycles. The summed E-state index contributed by atoms with van der Waals surface area (Å²) in [4.78, 5) is 4.60. The third-order valence-electron chi connectivity index (χ3n) is 5.18. The van der Waals surface area contributed by atoms with Gasteiger partial charge in [0.2, 0.25) is 0 Å². The Morgan fingerprint density at radius 3 is 2.78 bits per heavy atom. The zero-order valence-electron chi connectivity index (χ0n) is 11.3. The van der Waals surface area contributed by atoms with E-state index in [2.05, 4.69) is 18.8 Å². The zero-order valence-corrected chi connectivity index (χ0v) is 11.3. The van der Waals surface area contributed by atoms with E-state index in [-0.39, 0.29) is 5.41 Å². The van der Waals surface area contributed by atoms with E-state index in [9.17, 15) is 5.11 Å². The Morgan fingerprint density at radius 2 is 2.22 bits per heavy atom. The molecule has 3 heteroatoms. The third-order valence-corrected chi connectivity index (χ3v) is 5.18. The molecule has 0 aromatic carbocycles. The van der Waals surface area contributed by atoms with E-state index >= 15 is 0 Å². The molecular weight excluding hydrogens is 226 g/mol. The minimum atomic E-state index is -0.745. The molecule has 0 amide bonds. The van der Waals surface area contributed by atoms with Gasteiger partial charge in [0.15, 0.2) is 0 Å². The van der Waals surface area contributed by atoms with Gasteiger partial charge < -0.3 is 9.52 Å². The predicted molar refractivity (Wildman–Crippen MR) is 70.5 cm³/mol. The second-order valence-corrected chi connectivity index (χ2v) is 6.50. The quantitative estimate of drug-likeness (QED) is 0.873. The van der Waals surface area contributed by atoms with Gasteiger partial charge >= 0.3 is 0 Å². The van der Waals surface area contributed by atoms with Crippen molar-refractivity contribution in [3.63, 3.8) is 0 Å². The van der Waals surface area contributed by atoms with Gasteiger partial charge in [-0.2, -0.15) is 0 Å². The van der Waals surface area contributed by atoms with Crippen LogP contribution in [0.3, 0.4) is 0 Å². The Kier molecular flexibility index (Phi) is 2.46. The molecule has 4 rings (SSSR count). The van der Waals surface area contributed by atoms with Crippen molar-refractivity contribution in [3.8, 4) is 0 Å². The van der Waals surface area contributed by atoms with Crippen LogP contribution >= 0.6 is 0 Å². The first-order chi connectivity index (χ1) is 8.42. The van der Waals surface area contributed by atoms with Gasteiger partial charge in [0, 0.05) is 5.71 Å². The van der Waals surface area contributed by atoms with Crippen LogP contribution in [-0.4, -0.2) is 16.4 Å². The summed E-state index contributed by atoms with van der Waals surface area (Å²) in [7, 11) is 0. The minimum absolute atomic E-state index is 0.257. The number of fused-ring (bicyclic) bond motifs is 2. The lowest BCUT2D eigenvalue weighted by atomic mass is 9.44. The molecule has 3 fully saturated rings. The van der Waals surface area contributed by atoms with E-state index in [0.717, 1.165) is 24.3 Å². The van der Waals surface area contributed by atoms with Crippen molar-refractivity contribution in [1.82, 2.24) is 0 Å². The predicted octanol–water partition coefficient (Wildman–Crippen LogP) is 3.04. The Balaban J connectivity index is 1.81. The highest BCUT2D eigenvalue weighted by Crippen LogP contribution is 2.61. The van der Waals surface area contributed by atoms with Gasteiger partial charge in [-0.15, -0.1) is 0 Å². The second kappa shape index (κ2) is 3.70. The molecule has 2 bridgehead atoms. The van der Waals surface area contributed by atoms with Gasteiger partial charge in [-0.3, -0.25) is 4.99 Å². The van der Waals surface area contributed by atoms with Crippen molar-refractivity contribution < 1.29 is 9.52 Å². The monoisotopic (exact) mass is 247 g/mol. The fourth-order valence-electron chi connectivity index (χ4n) is 3.76. The molecule has 1 N–H and O–H groups in total. The summed E-state index contributed by atoms with van der Waals surface area (Å²) in [5, 5.41) is 10.7. The van der Waals surface area contributed by atoms with Crippen LogP contribution in [0, 0.1) is 17.3 Å². The number of nitrogens with zero attached hydrogens (tertiary/aromatic N) is 1. The van der Waals surface area contributed by atoms with Crippen LogP contribution in [0.1, 0.15) is 39.4 Å².